The highest BCUT2D eigenvalue weighted by Crippen LogP contribution is 2.21. The van der Waals surface area contributed by atoms with Crippen molar-refractivity contribution in [3.05, 3.63) is 65.7 Å². The van der Waals surface area contributed by atoms with Gasteiger partial charge >= 0.3 is 0 Å². The maximum absolute atomic E-state index is 12.2. The second-order valence-electron chi connectivity index (χ2n) is 6.21. The Morgan fingerprint density at radius 2 is 1.77 bits per heavy atom. The van der Waals surface area contributed by atoms with E-state index in [0.717, 1.165) is 16.7 Å². The van der Waals surface area contributed by atoms with E-state index in [1.807, 2.05) is 32.0 Å². The van der Waals surface area contributed by atoms with Crippen molar-refractivity contribution in [2.45, 2.75) is 25.7 Å². The normalized spacial score (nSPS) is 11.0. The molecule has 0 aromatic heterocycles. The molecule has 0 aliphatic carbocycles. The Kier molecular flexibility index (Phi) is 6.21. The summed E-state index contributed by atoms with van der Waals surface area (Å²) in [6, 6.07) is 10.4. The first-order valence-electron chi connectivity index (χ1n) is 8.16. The van der Waals surface area contributed by atoms with Crippen molar-refractivity contribution in [1.82, 2.24) is 0 Å². The largest absolute Gasteiger partial charge is 0.484 e. The topological polar surface area (TPSA) is 72.5 Å². The van der Waals surface area contributed by atoms with Crippen molar-refractivity contribution in [1.29, 1.82) is 0 Å². The number of benzene rings is 2. The third-order valence-electron chi connectivity index (χ3n) is 3.74. The highest BCUT2D eigenvalue weighted by Gasteiger charge is 2.15. The quantitative estimate of drug-likeness (QED) is 0.753. The van der Waals surface area contributed by atoms with Gasteiger partial charge in [0.1, 0.15) is 5.75 Å². The Morgan fingerprint density at radius 1 is 1.12 bits per heavy atom. The van der Waals surface area contributed by atoms with Crippen molar-refractivity contribution in [2.24, 2.45) is 0 Å². The van der Waals surface area contributed by atoms with E-state index in [1.54, 1.807) is 13.0 Å². The highest BCUT2D eigenvalue weighted by molar-refractivity contribution is 7.91. The zero-order valence-corrected chi connectivity index (χ0v) is 16.0. The van der Waals surface area contributed by atoms with Gasteiger partial charge in [-0.1, -0.05) is 18.2 Å². The zero-order valence-electron chi connectivity index (χ0n) is 15.2. The van der Waals surface area contributed by atoms with Crippen LogP contribution in [0.1, 0.15) is 16.7 Å². The van der Waals surface area contributed by atoms with E-state index in [4.69, 9.17) is 4.74 Å². The lowest BCUT2D eigenvalue weighted by molar-refractivity contribution is -0.118. The minimum absolute atomic E-state index is 0.147. The van der Waals surface area contributed by atoms with Gasteiger partial charge < -0.3 is 10.1 Å². The van der Waals surface area contributed by atoms with Gasteiger partial charge in [0, 0.05) is 5.69 Å². The number of amides is 1. The first kappa shape index (κ1) is 19.7. The van der Waals surface area contributed by atoms with Crippen LogP contribution < -0.4 is 10.1 Å². The van der Waals surface area contributed by atoms with Crippen LogP contribution in [0.4, 0.5) is 5.69 Å². The summed E-state index contributed by atoms with van der Waals surface area (Å²) in [5, 5.41) is 2.71. The molecule has 0 unspecified atom stereocenters. The molecule has 26 heavy (non-hydrogen) atoms. The summed E-state index contributed by atoms with van der Waals surface area (Å²) >= 11 is 0. The number of aryl methyl sites for hydroxylation is 3. The molecular formula is C20H23NO4S. The number of hydrogen-bond acceptors (Lipinski definition) is 4. The number of nitrogens with one attached hydrogen (secondary N) is 1. The van der Waals surface area contributed by atoms with Gasteiger partial charge in [0.05, 0.1) is 10.6 Å². The van der Waals surface area contributed by atoms with Gasteiger partial charge in [-0.3, -0.25) is 4.79 Å². The molecule has 138 valence electrons. The zero-order chi connectivity index (χ0) is 19.3. The van der Waals surface area contributed by atoms with Crippen molar-refractivity contribution in [2.75, 3.05) is 17.7 Å². The van der Waals surface area contributed by atoms with Crippen LogP contribution in [0.5, 0.6) is 5.75 Å². The predicted octanol–water partition coefficient (Wildman–Crippen LogP) is 3.59. The molecular weight excluding hydrogens is 350 g/mol. The maximum atomic E-state index is 12.2. The summed E-state index contributed by atoms with van der Waals surface area (Å²) < 4.78 is 29.8. The average Bonchev–Trinajstić information content (AvgIpc) is 2.54. The summed E-state index contributed by atoms with van der Waals surface area (Å²) in [5.41, 5.74) is 3.32. The Labute approximate surface area is 154 Å². The minimum Gasteiger partial charge on any atom is -0.484 e. The molecule has 0 aliphatic rings. The average molecular weight is 373 g/mol. The summed E-state index contributed by atoms with van der Waals surface area (Å²) in [6.45, 7) is 9.01. The molecule has 1 N–H and O–H groups in total. The third kappa shape index (κ3) is 5.20. The number of ether oxygens (including phenoxy) is 1. The number of sulfone groups is 1. The second kappa shape index (κ2) is 8.19. The van der Waals surface area contributed by atoms with Gasteiger partial charge in [-0.25, -0.2) is 8.42 Å². The van der Waals surface area contributed by atoms with Crippen LogP contribution in [0, 0.1) is 20.8 Å². The van der Waals surface area contributed by atoms with Crippen LogP contribution in [-0.2, 0) is 14.6 Å². The van der Waals surface area contributed by atoms with Crippen LogP contribution in [0.15, 0.2) is 53.9 Å². The van der Waals surface area contributed by atoms with Crippen LogP contribution in [-0.4, -0.2) is 26.7 Å². The molecule has 0 radical (unpaired) electrons. The fourth-order valence-electron chi connectivity index (χ4n) is 2.53. The van der Waals surface area contributed by atoms with Gasteiger partial charge in [0.15, 0.2) is 16.4 Å². The van der Waals surface area contributed by atoms with Crippen molar-refractivity contribution < 1.29 is 17.9 Å². The molecule has 0 heterocycles. The molecule has 0 fully saturated rings. The Bertz CT molecular complexity index is 913. The number of carbonyl (C=O) groups excluding carboxylic acids is 1. The van der Waals surface area contributed by atoms with Gasteiger partial charge in [0.25, 0.3) is 5.91 Å². The molecule has 2 rings (SSSR count). The first-order valence-corrected chi connectivity index (χ1v) is 9.82. The van der Waals surface area contributed by atoms with Crippen molar-refractivity contribution in [3.63, 3.8) is 0 Å². The van der Waals surface area contributed by atoms with Crippen LogP contribution in [0.3, 0.4) is 0 Å². The molecule has 0 saturated heterocycles. The summed E-state index contributed by atoms with van der Waals surface area (Å²) in [4.78, 5) is 12.3. The van der Waals surface area contributed by atoms with Gasteiger partial charge in [0.2, 0.25) is 0 Å². The predicted molar refractivity (Wildman–Crippen MR) is 103 cm³/mol. The Balaban J connectivity index is 2.09. The highest BCUT2D eigenvalue weighted by atomic mass is 32.2. The number of anilines is 1. The fourth-order valence-corrected chi connectivity index (χ4v) is 3.61. The van der Waals surface area contributed by atoms with Gasteiger partial charge in [-0.2, -0.15) is 0 Å². The van der Waals surface area contributed by atoms with Crippen molar-refractivity contribution >= 4 is 21.4 Å². The molecule has 0 aliphatic heterocycles. The lowest BCUT2D eigenvalue weighted by Gasteiger charge is -2.12. The molecule has 0 saturated carbocycles. The lowest BCUT2D eigenvalue weighted by Crippen LogP contribution is -2.21. The van der Waals surface area contributed by atoms with E-state index < -0.39 is 9.84 Å². The molecule has 0 spiro atoms. The first-order chi connectivity index (χ1) is 12.2. The smallest absolute Gasteiger partial charge is 0.262 e. The van der Waals surface area contributed by atoms with E-state index in [9.17, 15) is 13.2 Å². The molecule has 0 bridgehead atoms. The number of hydrogen-bond donors (Lipinski definition) is 1. The monoisotopic (exact) mass is 373 g/mol. The van der Waals surface area contributed by atoms with E-state index in [-0.39, 0.29) is 23.2 Å². The van der Waals surface area contributed by atoms with Crippen LogP contribution in [0.2, 0.25) is 0 Å². The summed E-state index contributed by atoms with van der Waals surface area (Å²) in [6.07, 6.45) is 1.34. The Hall–Kier alpha value is -2.60. The maximum Gasteiger partial charge on any atom is 0.262 e. The number of carbonyl (C=O) groups is 1. The van der Waals surface area contributed by atoms with Crippen LogP contribution >= 0.6 is 0 Å². The van der Waals surface area contributed by atoms with Crippen LogP contribution in [0.25, 0.3) is 0 Å². The lowest BCUT2D eigenvalue weighted by atomic mass is 10.1. The fraction of sp³-hybridized carbons (Fsp3) is 0.250. The molecule has 0 atom stereocenters. The number of rotatable bonds is 7. The van der Waals surface area contributed by atoms with Crippen molar-refractivity contribution in [3.8, 4) is 5.75 Å². The van der Waals surface area contributed by atoms with Gasteiger partial charge in [-0.15, -0.1) is 6.58 Å². The molecule has 2 aromatic rings. The standard InChI is InChI=1S/C20H23NO4S/c1-5-8-26(23,24)18-7-6-16(4)19(12-18)21-20(22)13-25-17-10-14(2)9-15(3)11-17/h5-7,9-12H,1,8,13H2,2-4H3,(H,21,22). The molecule has 5 nitrogen and oxygen atoms in total. The summed E-state index contributed by atoms with van der Waals surface area (Å²) in [5.74, 6) is 0.112. The molecule has 2 aromatic carbocycles. The second-order valence-corrected chi connectivity index (χ2v) is 8.24. The molecule has 6 heteroatoms. The molecule has 1 amide bonds. The SMILES string of the molecule is C=CCS(=O)(=O)c1ccc(C)c(NC(=O)COc2cc(C)cc(C)c2)c1. The third-order valence-corrected chi connectivity index (χ3v) is 5.39. The van der Waals surface area contributed by atoms with E-state index in [2.05, 4.69) is 11.9 Å². The minimum atomic E-state index is -3.45. The van der Waals surface area contributed by atoms with E-state index in [0.29, 0.717) is 11.4 Å². The Morgan fingerprint density at radius 3 is 2.38 bits per heavy atom. The van der Waals surface area contributed by atoms with Gasteiger partial charge in [-0.05, 0) is 61.7 Å². The van der Waals surface area contributed by atoms with E-state index >= 15 is 0 Å². The summed E-state index contributed by atoms with van der Waals surface area (Å²) in [7, 11) is -3.45. The van der Waals surface area contributed by atoms with E-state index in [1.165, 1.54) is 18.2 Å².